The number of fused-ring (bicyclic) bond motifs is 1. The molecule has 2 amide bonds. The predicted molar refractivity (Wildman–Crippen MR) is 128 cm³/mol. The second-order valence-electron chi connectivity index (χ2n) is 8.37. The standard InChI is InChI=1S/C24H22ClF3N4O2S/c1-4-21(33)31-10-17(16-9-20(25)35-19(16)12-31)14-7-5-6-8-15(14)18-11-32(13-22(34)30(2)3)29-23(18)24(26,27)28/h4-9,11,17H,1,10,12-13H2,2-3H3/t17-/m1/s1. The van der Waals surface area contributed by atoms with Crippen molar-refractivity contribution in [2.75, 3.05) is 20.6 Å². The van der Waals surface area contributed by atoms with Crippen molar-refractivity contribution in [3.63, 3.8) is 0 Å². The Bertz CT molecular complexity index is 1300. The Kier molecular flexibility index (Phi) is 6.79. The van der Waals surface area contributed by atoms with E-state index in [0.717, 1.165) is 15.1 Å². The number of nitrogens with zero attached hydrogens (tertiary/aromatic N) is 4. The number of carbonyl (C=O) groups is 2. The van der Waals surface area contributed by atoms with Gasteiger partial charge in [-0.3, -0.25) is 14.3 Å². The van der Waals surface area contributed by atoms with E-state index in [1.54, 1.807) is 29.2 Å². The number of hydrogen-bond acceptors (Lipinski definition) is 4. The highest BCUT2D eigenvalue weighted by Crippen LogP contribution is 2.45. The molecule has 1 aliphatic rings. The van der Waals surface area contributed by atoms with E-state index >= 15 is 0 Å². The Morgan fingerprint density at radius 2 is 1.97 bits per heavy atom. The zero-order valence-electron chi connectivity index (χ0n) is 19.0. The Labute approximate surface area is 209 Å². The molecule has 0 radical (unpaired) electrons. The SMILES string of the molecule is C=CC(=O)N1Cc2sc(Cl)cc2[C@@H](c2ccccc2-c2cn(CC(=O)N(C)C)nc2C(F)(F)F)C1. The van der Waals surface area contributed by atoms with Gasteiger partial charge in [0.05, 0.1) is 10.9 Å². The fourth-order valence-corrected chi connectivity index (χ4v) is 5.54. The van der Waals surface area contributed by atoms with E-state index in [2.05, 4.69) is 11.7 Å². The van der Waals surface area contributed by atoms with Crippen LogP contribution in [0, 0.1) is 0 Å². The lowest BCUT2D eigenvalue weighted by atomic mass is 9.84. The molecular formula is C24H22ClF3N4O2S. The molecule has 35 heavy (non-hydrogen) atoms. The lowest BCUT2D eigenvalue weighted by Gasteiger charge is -2.33. The number of rotatable bonds is 5. The molecule has 0 unspecified atom stereocenters. The van der Waals surface area contributed by atoms with E-state index in [1.165, 1.54) is 42.6 Å². The minimum absolute atomic E-state index is 0.130. The van der Waals surface area contributed by atoms with Gasteiger partial charge in [-0.15, -0.1) is 11.3 Å². The summed E-state index contributed by atoms with van der Waals surface area (Å²) < 4.78 is 43.6. The van der Waals surface area contributed by atoms with Crippen molar-refractivity contribution in [1.29, 1.82) is 0 Å². The molecule has 0 aliphatic carbocycles. The van der Waals surface area contributed by atoms with E-state index in [0.29, 0.717) is 22.0 Å². The third-order valence-corrected chi connectivity index (χ3v) is 7.13. The van der Waals surface area contributed by atoms with Crippen molar-refractivity contribution in [1.82, 2.24) is 19.6 Å². The third-order valence-electron chi connectivity index (χ3n) is 5.86. The topological polar surface area (TPSA) is 58.4 Å². The van der Waals surface area contributed by atoms with Gasteiger partial charge in [0.25, 0.3) is 0 Å². The van der Waals surface area contributed by atoms with Gasteiger partial charge in [-0.05, 0) is 28.8 Å². The van der Waals surface area contributed by atoms with Gasteiger partial charge in [0.15, 0.2) is 5.69 Å². The van der Waals surface area contributed by atoms with Crippen molar-refractivity contribution in [3.05, 3.63) is 75.2 Å². The molecule has 0 fully saturated rings. The van der Waals surface area contributed by atoms with Gasteiger partial charge < -0.3 is 9.80 Å². The Hall–Kier alpha value is -3.11. The molecule has 1 atom stereocenters. The number of halogens is 4. The lowest BCUT2D eigenvalue weighted by Crippen LogP contribution is -2.37. The van der Waals surface area contributed by atoms with Crippen molar-refractivity contribution in [2.24, 2.45) is 0 Å². The maximum atomic E-state index is 14.0. The summed E-state index contributed by atoms with van der Waals surface area (Å²) >= 11 is 7.62. The number of alkyl halides is 3. The number of carbonyl (C=O) groups excluding carboxylic acids is 2. The van der Waals surface area contributed by atoms with Gasteiger partial charge >= 0.3 is 6.18 Å². The fourth-order valence-electron chi connectivity index (χ4n) is 4.18. The number of benzene rings is 1. The summed E-state index contributed by atoms with van der Waals surface area (Å²) in [6.45, 7) is 3.85. The molecule has 1 aliphatic heterocycles. The van der Waals surface area contributed by atoms with Crippen LogP contribution in [0.5, 0.6) is 0 Å². The highest BCUT2D eigenvalue weighted by atomic mass is 35.5. The van der Waals surface area contributed by atoms with Crippen LogP contribution in [-0.2, 0) is 28.9 Å². The van der Waals surface area contributed by atoms with Crippen molar-refractivity contribution in [3.8, 4) is 11.1 Å². The molecule has 0 N–H and O–H groups in total. The van der Waals surface area contributed by atoms with E-state index in [9.17, 15) is 22.8 Å². The number of thiophene rings is 1. The van der Waals surface area contributed by atoms with Crippen LogP contribution in [0.4, 0.5) is 13.2 Å². The first-order valence-electron chi connectivity index (χ1n) is 10.6. The van der Waals surface area contributed by atoms with Crippen LogP contribution in [0.25, 0.3) is 11.1 Å². The van der Waals surface area contributed by atoms with Crippen LogP contribution >= 0.6 is 22.9 Å². The van der Waals surface area contributed by atoms with Crippen LogP contribution in [-0.4, -0.2) is 52.0 Å². The Morgan fingerprint density at radius 1 is 1.26 bits per heavy atom. The van der Waals surface area contributed by atoms with E-state index in [1.807, 2.05) is 6.07 Å². The molecule has 11 heteroatoms. The molecule has 184 valence electrons. The molecule has 6 nitrogen and oxygen atoms in total. The first kappa shape index (κ1) is 25.0. The Balaban J connectivity index is 1.86. The van der Waals surface area contributed by atoms with Crippen molar-refractivity contribution < 1.29 is 22.8 Å². The molecule has 1 aromatic carbocycles. The van der Waals surface area contributed by atoms with Crippen LogP contribution in [0.15, 0.2) is 49.2 Å². The number of hydrogen-bond donors (Lipinski definition) is 0. The number of amides is 2. The molecule has 0 bridgehead atoms. The maximum absolute atomic E-state index is 14.0. The summed E-state index contributed by atoms with van der Waals surface area (Å²) in [5.74, 6) is -1.06. The van der Waals surface area contributed by atoms with E-state index in [-0.39, 0.29) is 30.5 Å². The number of aromatic nitrogens is 2. The molecule has 0 saturated carbocycles. The Morgan fingerprint density at radius 3 is 2.63 bits per heavy atom. The first-order chi connectivity index (χ1) is 16.5. The van der Waals surface area contributed by atoms with Gasteiger partial charge in [0, 0.05) is 43.2 Å². The molecule has 3 heterocycles. The summed E-state index contributed by atoms with van der Waals surface area (Å²) in [4.78, 5) is 28.3. The summed E-state index contributed by atoms with van der Waals surface area (Å²) in [5, 5.41) is 3.72. The molecular weight excluding hydrogens is 501 g/mol. The summed E-state index contributed by atoms with van der Waals surface area (Å²) in [5.41, 5.74) is 0.609. The quantitative estimate of drug-likeness (QED) is 0.442. The monoisotopic (exact) mass is 522 g/mol. The van der Waals surface area contributed by atoms with Gasteiger partial charge in [-0.25, -0.2) is 0 Å². The fraction of sp³-hybridized carbons (Fsp3) is 0.292. The van der Waals surface area contributed by atoms with Crippen molar-refractivity contribution in [2.45, 2.75) is 25.2 Å². The minimum Gasteiger partial charge on any atom is -0.347 e. The van der Waals surface area contributed by atoms with Crippen LogP contribution < -0.4 is 0 Å². The highest BCUT2D eigenvalue weighted by molar-refractivity contribution is 7.16. The van der Waals surface area contributed by atoms with Gasteiger partial charge in [-0.1, -0.05) is 42.4 Å². The molecule has 2 aromatic heterocycles. The zero-order valence-corrected chi connectivity index (χ0v) is 20.5. The van der Waals surface area contributed by atoms with Crippen LogP contribution in [0.3, 0.4) is 0 Å². The number of likely N-dealkylation sites (N-methyl/N-ethyl adjacent to an activating group) is 1. The maximum Gasteiger partial charge on any atom is 0.435 e. The van der Waals surface area contributed by atoms with Gasteiger partial charge in [-0.2, -0.15) is 18.3 Å². The zero-order chi connectivity index (χ0) is 25.5. The molecule has 0 saturated heterocycles. The van der Waals surface area contributed by atoms with Gasteiger partial charge in [0.1, 0.15) is 6.54 Å². The smallest absolute Gasteiger partial charge is 0.347 e. The summed E-state index contributed by atoms with van der Waals surface area (Å²) in [7, 11) is 3.05. The normalized spacial score (nSPS) is 15.6. The van der Waals surface area contributed by atoms with Crippen LogP contribution in [0.2, 0.25) is 4.34 Å². The van der Waals surface area contributed by atoms with E-state index < -0.39 is 17.8 Å². The largest absolute Gasteiger partial charge is 0.435 e. The average Bonchev–Trinajstić information content (AvgIpc) is 3.40. The van der Waals surface area contributed by atoms with Crippen LogP contribution in [0.1, 0.15) is 27.6 Å². The van der Waals surface area contributed by atoms with Gasteiger partial charge in [0.2, 0.25) is 11.8 Å². The highest BCUT2D eigenvalue weighted by Gasteiger charge is 2.39. The predicted octanol–water partition coefficient (Wildman–Crippen LogP) is 5.03. The second kappa shape index (κ2) is 9.50. The third kappa shape index (κ3) is 4.99. The minimum atomic E-state index is -4.73. The summed E-state index contributed by atoms with van der Waals surface area (Å²) in [6.07, 6.45) is -2.26. The average molecular weight is 523 g/mol. The molecule has 4 rings (SSSR count). The first-order valence-corrected chi connectivity index (χ1v) is 11.8. The van der Waals surface area contributed by atoms with Crippen molar-refractivity contribution >= 4 is 34.8 Å². The molecule has 3 aromatic rings. The van der Waals surface area contributed by atoms with E-state index in [4.69, 9.17) is 11.6 Å². The lowest BCUT2D eigenvalue weighted by molar-refractivity contribution is -0.141. The summed E-state index contributed by atoms with van der Waals surface area (Å²) in [6, 6.07) is 8.55. The molecule has 0 spiro atoms. The second-order valence-corrected chi connectivity index (χ2v) is 10.1.